The molecule has 2 heterocycles. The van der Waals surface area contributed by atoms with Crippen LogP contribution in [0.3, 0.4) is 0 Å². The summed E-state index contributed by atoms with van der Waals surface area (Å²) in [5.41, 5.74) is 6.57. The number of carbonyl (C=O) groups excluding carboxylic acids is 1. The first-order valence-electron chi connectivity index (χ1n) is 5.83. The highest BCUT2D eigenvalue weighted by Crippen LogP contribution is 2.35. The van der Waals surface area contributed by atoms with E-state index in [0.717, 1.165) is 3.57 Å². The number of primary amides is 1. The van der Waals surface area contributed by atoms with Crippen LogP contribution in [-0.2, 0) is 11.3 Å². The molecule has 8 heteroatoms. The number of hydrogen-bond donors (Lipinski definition) is 2. The summed E-state index contributed by atoms with van der Waals surface area (Å²) in [5.74, 6) is -0.457. The van der Waals surface area contributed by atoms with Gasteiger partial charge in [-0.25, -0.2) is 14.2 Å². The SMILES string of the molecule is NC(=O)OCc1cc(F)cc2c1[nH]c1ncc(I)c(Cl)c12. The summed E-state index contributed by atoms with van der Waals surface area (Å²) in [6, 6.07) is 2.64. The Morgan fingerprint density at radius 2 is 2.29 bits per heavy atom. The maximum absolute atomic E-state index is 13.8. The highest BCUT2D eigenvalue weighted by molar-refractivity contribution is 14.1. The summed E-state index contributed by atoms with van der Waals surface area (Å²) in [6.07, 6.45) is 0.700. The molecule has 1 amide bonds. The topological polar surface area (TPSA) is 81.0 Å². The van der Waals surface area contributed by atoms with Crippen molar-refractivity contribution in [2.24, 2.45) is 5.73 Å². The zero-order valence-electron chi connectivity index (χ0n) is 10.4. The third-order valence-corrected chi connectivity index (χ3v) is 4.57. The quantitative estimate of drug-likeness (QED) is 0.622. The third-order valence-electron chi connectivity index (χ3n) is 3.04. The fourth-order valence-electron chi connectivity index (χ4n) is 2.20. The van der Waals surface area contributed by atoms with Crippen LogP contribution in [0.2, 0.25) is 5.02 Å². The van der Waals surface area contributed by atoms with E-state index in [4.69, 9.17) is 22.1 Å². The molecule has 3 aromatic rings. The number of aromatic nitrogens is 2. The number of pyridine rings is 1. The maximum Gasteiger partial charge on any atom is 0.404 e. The van der Waals surface area contributed by atoms with Crippen LogP contribution in [-0.4, -0.2) is 16.1 Å². The number of ether oxygens (including phenoxy) is 1. The van der Waals surface area contributed by atoms with Gasteiger partial charge >= 0.3 is 6.09 Å². The van der Waals surface area contributed by atoms with Gasteiger partial charge in [0.1, 0.15) is 18.1 Å². The van der Waals surface area contributed by atoms with Crippen molar-refractivity contribution < 1.29 is 13.9 Å². The van der Waals surface area contributed by atoms with E-state index in [-0.39, 0.29) is 6.61 Å². The zero-order chi connectivity index (χ0) is 15.1. The van der Waals surface area contributed by atoms with Crippen molar-refractivity contribution in [1.82, 2.24) is 9.97 Å². The molecular weight excluding hydrogens is 412 g/mol. The van der Waals surface area contributed by atoms with Crippen LogP contribution < -0.4 is 5.73 Å². The number of nitrogens with two attached hydrogens (primary N) is 1. The van der Waals surface area contributed by atoms with Crippen molar-refractivity contribution in [3.8, 4) is 0 Å². The first-order chi connectivity index (χ1) is 9.97. The Kier molecular flexibility index (Phi) is 3.62. The van der Waals surface area contributed by atoms with E-state index in [0.29, 0.717) is 32.5 Å². The minimum absolute atomic E-state index is 0.134. The number of carbonyl (C=O) groups is 1. The van der Waals surface area contributed by atoms with Crippen molar-refractivity contribution in [1.29, 1.82) is 0 Å². The Balaban J connectivity index is 2.31. The number of H-pyrrole nitrogens is 1. The Labute approximate surface area is 136 Å². The van der Waals surface area contributed by atoms with Crippen molar-refractivity contribution in [3.63, 3.8) is 0 Å². The molecule has 0 saturated carbocycles. The van der Waals surface area contributed by atoms with Crippen LogP contribution in [0.4, 0.5) is 9.18 Å². The monoisotopic (exact) mass is 419 g/mol. The average Bonchev–Trinajstić information content (AvgIpc) is 2.79. The number of hydrogen-bond acceptors (Lipinski definition) is 3. The van der Waals surface area contributed by atoms with Crippen LogP contribution in [0.25, 0.3) is 21.9 Å². The standard InChI is InChI=1S/C13H8ClFIN3O2/c14-10-8(16)3-18-12-9(10)7-2-6(15)1-5(11(7)19-12)4-21-13(17)20/h1-3H,4H2,(H2,17,20)(H,18,19). The lowest BCUT2D eigenvalue weighted by molar-refractivity contribution is 0.150. The lowest BCUT2D eigenvalue weighted by atomic mass is 10.1. The van der Waals surface area contributed by atoms with Gasteiger partial charge in [-0.2, -0.15) is 0 Å². The molecule has 0 aliphatic rings. The van der Waals surface area contributed by atoms with Crippen molar-refractivity contribution >= 4 is 62.2 Å². The Morgan fingerprint density at radius 3 is 3.00 bits per heavy atom. The van der Waals surface area contributed by atoms with Gasteiger partial charge in [-0.15, -0.1) is 0 Å². The first kappa shape index (κ1) is 14.3. The molecule has 2 aromatic heterocycles. The highest BCUT2D eigenvalue weighted by Gasteiger charge is 2.16. The van der Waals surface area contributed by atoms with Gasteiger partial charge in [0.2, 0.25) is 0 Å². The van der Waals surface area contributed by atoms with Gasteiger partial charge in [-0.1, -0.05) is 11.6 Å². The Morgan fingerprint density at radius 1 is 1.52 bits per heavy atom. The molecule has 0 aliphatic carbocycles. The van der Waals surface area contributed by atoms with Gasteiger partial charge in [0, 0.05) is 22.5 Å². The number of aromatic amines is 1. The first-order valence-corrected chi connectivity index (χ1v) is 7.29. The predicted molar refractivity (Wildman–Crippen MR) is 85.7 cm³/mol. The van der Waals surface area contributed by atoms with Crippen LogP contribution in [0.1, 0.15) is 5.56 Å². The second-order valence-corrected chi connectivity index (χ2v) is 5.90. The van der Waals surface area contributed by atoms with Gasteiger partial charge in [-0.05, 0) is 34.7 Å². The summed E-state index contributed by atoms with van der Waals surface area (Å²) in [4.78, 5) is 18.0. The zero-order valence-corrected chi connectivity index (χ0v) is 13.3. The molecule has 0 fully saturated rings. The second kappa shape index (κ2) is 5.30. The number of amides is 1. The van der Waals surface area contributed by atoms with E-state index in [1.807, 2.05) is 0 Å². The molecular formula is C13H8ClFIN3O2. The smallest absolute Gasteiger partial charge is 0.404 e. The summed E-state index contributed by atoms with van der Waals surface area (Å²) >= 11 is 8.34. The lowest BCUT2D eigenvalue weighted by Crippen LogP contribution is -2.12. The van der Waals surface area contributed by atoms with Gasteiger partial charge in [0.25, 0.3) is 0 Å². The molecule has 1 aromatic carbocycles. The normalized spacial score (nSPS) is 11.2. The number of nitrogens with one attached hydrogen (secondary N) is 1. The van der Waals surface area contributed by atoms with Crippen molar-refractivity contribution in [3.05, 3.63) is 38.3 Å². The van der Waals surface area contributed by atoms with E-state index in [1.165, 1.54) is 12.1 Å². The summed E-state index contributed by atoms with van der Waals surface area (Å²) in [7, 11) is 0. The maximum atomic E-state index is 13.8. The van der Waals surface area contributed by atoms with Crippen LogP contribution in [0, 0.1) is 9.39 Å². The third kappa shape index (κ3) is 2.51. The lowest BCUT2D eigenvalue weighted by Gasteiger charge is -2.04. The molecule has 0 unspecified atom stereocenters. The fraction of sp³-hybridized carbons (Fsp3) is 0.0769. The molecule has 0 saturated heterocycles. The van der Waals surface area contributed by atoms with Crippen LogP contribution in [0.15, 0.2) is 18.3 Å². The van der Waals surface area contributed by atoms with E-state index in [2.05, 4.69) is 32.6 Å². The second-order valence-electron chi connectivity index (χ2n) is 4.36. The molecule has 0 bridgehead atoms. The van der Waals surface area contributed by atoms with Crippen molar-refractivity contribution in [2.45, 2.75) is 6.61 Å². The molecule has 21 heavy (non-hydrogen) atoms. The van der Waals surface area contributed by atoms with Crippen molar-refractivity contribution in [2.75, 3.05) is 0 Å². The number of halogens is 3. The van der Waals surface area contributed by atoms with Crippen LogP contribution in [0.5, 0.6) is 0 Å². The van der Waals surface area contributed by atoms with Gasteiger partial charge in [-0.3, -0.25) is 0 Å². The van der Waals surface area contributed by atoms with E-state index >= 15 is 0 Å². The van der Waals surface area contributed by atoms with E-state index < -0.39 is 11.9 Å². The number of fused-ring (bicyclic) bond motifs is 3. The molecule has 5 nitrogen and oxygen atoms in total. The van der Waals surface area contributed by atoms with E-state index in [1.54, 1.807) is 6.20 Å². The minimum atomic E-state index is -0.922. The van der Waals surface area contributed by atoms with Gasteiger partial charge < -0.3 is 15.5 Å². The largest absolute Gasteiger partial charge is 0.445 e. The highest BCUT2D eigenvalue weighted by atomic mass is 127. The number of nitrogens with zero attached hydrogens (tertiary/aromatic N) is 1. The Bertz CT molecular complexity index is 881. The molecule has 108 valence electrons. The van der Waals surface area contributed by atoms with Crippen LogP contribution >= 0.6 is 34.2 Å². The Hall–Kier alpha value is -1.61. The summed E-state index contributed by atoms with van der Waals surface area (Å²) in [6.45, 7) is -0.134. The summed E-state index contributed by atoms with van der Waals surface area (Å²) in [5, 5.41) is 1.72. The summed E-state index contributed by atoms with van der Waals surface area (Å²) < 4.78 is 19.3. The van der Waals surface area contributed by atoms with Gasteiger partial charge in [0.15, 0.2) is 0 Å². The molecule has 0 aliphatic heterocycles. The number of benzene rings is 1. The molecule has 3 rings (SSSR count). The average molecular weight is 420 g/mol. The molecule has 0 radical (unpaired) electrons. The fourth-order valence-corrected chi connectivity index (χ4v) is 2.84. The molecule has 0 atom stereocenters. The van der Waals surface area contributed by atoms with Gasteiger partial charge in [0.05, 0.1) is 14.1 Å². The molecule has 0 spiro atoms. The number of rotatable bonds is 2. The minimum Gasteiger partial charge on any atom is -0.445 e. The predicted octanol–water partition coefficient (Wildman–Crippen LogP) is 3.71. The van der Waals surface area contributed by atoms with E-state index in [9.17, 15) is 9.18 Å². The molecule has 3 N–H and O–H groups in total.